The molecule has 4 nitrogen and oxygen atoms in total. The molecule has 2 aromatic rings. The smallest absolute Gasteiger partial charge is 0.422 e. The van der Waals surface area contributed by atoms with Crippen molar-refractivity contribution in [3.63, 3.8) is 0 Å². The molecule has 1 amide bonds. The van der Waals surface area contributed by atoms with E-state index < -0.39 is 12.8 Å². The van der Waals surface area contributed by atoms with Crippen molar-refractivity contribution in [2.24, 2.45) is 0 Å². The van der Waals surface area contributed by atoms with Crippen LogP contribution in [-0.4, -0.2) is 23.7 Å². The molecular formula is C14H10BrF3N2O2. The van der Waals surface area contributed by atoms with Gasteiger partial charge in [-0.1, -0.05) is 12.1 Å². The van der Waals surface area contributed by atoms with Crippen molar-refractivity contribution >= 4 is 27.5 Å². The van der Waals surface area contributed by atoms with E-state index in [-0.39, 0.29) is 11.8 Å². The average Bonchev–Trinajstić information content (AvgIpc) is 2.46. The number of carbonyl (C=O) groups is 1. The minimum atomic E-state index is -4.42. The summed E-state index contributed by atoms with van der Waals surface area (Å²) in [6.45, 7) is -1.41. The van der Waals surface area contributed by atoms with E-state index in [0.717, 1.165) is 0 Å². The molecule has 0 saturated carbocycles. The van der Waals surface area contributed by atoms with E-state index in [4.69, 9.17) is 0 Å². The number of hydrogen-bond acceptors (Lipinski definition) is 3. The fraction of sp³-hybridized carbons (Fsp3) is 0.143. The number of carbonyl (C=O) groups excluding carboxylic acids is 1. The minimum Gasteiger partial charge on any atom is -0.468 e. The summed E-state index contributed by atoms with van der Waals surface area (Å²) < 4.78 is 41.1. The first-order valence-electron chi connectivity index (χ1n) is 6.06. The van der Waals surface area contributed by atoms with Gasteiger partial charge in [0.2, 0.25) is 5.88 Å². The zero-order chi connectivity index (χ0) is 16.2. The van der Waals surface area contributed by atoms with Crippen molar-refractivity contribution in [3.8, 4) is 5.88 Å². The highest BCUT2D eigenvalue weighted by molar-refractivity contribution is 9.10. The van der Waals surface area contributed by atoms with Gasteiger partial charge in [0.25, 0.3) is 5.91 Å². The van der Waals surface area contributed by atoms with Crippen LogP contribution in [0.2, 0.25) is 0 Å². The van der Waals surface area contributed by atoms with Gasteiger partial charge in [-0.05, 0) is 34.1 Å². The Hall–Kier alpha value is -2.09. The topological polar surface area (TPSA) is 51.2 Å². The van der Waals surface area contributed by atoms with Gasteiger partial charge in [0.05, 0.1) is 17.4 Å². The number of rotatable bonds is 4. The lowest BCUT2D eigenvalue weighted by Gasteiger charge is -2.09. The van der Waals surface area contributed by atoms with Gasteiger partial charge >= 0.3 is 6.18 Å². The molecule has 0 atom stereocenters. The molecule has 0 aliphatic heterocycles. The van der Waals surface area contributed by atoms with Crippen LogP contribution in [0.25, 0.3) is 0 Å². The van der Waals surface area contributed by atoms with Crippen molar-refractivity contribution in [2.75, 3.05) is 11.9 Å². The maximum absolute atomic E-state index is 12.0. The molecule has 0 radical (unpaired) electrons. The van der Waals surface area contributed by atoms with E-state index in [2.05, 4.69) is 31.0 Å². The third kappa shape index (κ3) is 4.73. The summed E-state index contributed by atoms with van der Waals surface area (Å²) in [5, 5.41) is 2.59. The molecule has 0 unspecified atom stereocenters. The molecule has 0 bridgehead atoms. The van der Waals surface area contributed by atoms with Gasteiger partial charge < -0.3 is 10.1 Å². The second-order valence-corrected chi connectivity index (χ2v) is 5.08. The Morgan fingerprint density at radius 3 is 2.55 bits per heavy atom. The van der Waals surface area contributed by atoms with Crippen LogP contribution >= 0.6 is 15.9 Å². The molecule has 1 aromatic carbocycles. The molecule has 1 heterocycles. The zero-order valence-corrected chi connectivity index (χ0v) is 12.6. The van der Waals surface area contributed by atoms with Crippen LogP contribution in [0.5, 0.6) is 5.88 Å². The van der Waals surface area contributed by atoms with Gasteiger partial charge in [-0.25, -0.2) is 4.98 Å². The van der Waals surface area contributed by atoms with Crippen LogP contribution in [-0.2, 0) is 0 Å². The fourth-order valence-corrected chi connectivity index (χ4v) is 2.00. The monoisotopic (exact) mass is 374 g/mol. The first kappa shape index (κ1) is 16.3. The van der Waals surface area contributed by atoms with Crippen LogP contribution in [0.3, 0.4) is 0 Å². The standard InChI is InChI=1S/C14H10BrF3N2O2/c15-11-4-2-1-3-10(11)13(21)20-9-5-6-12(19-7-9)22-8-14(16,17)18/h1-7H,8H2,(H,20,21). The Morgan fingerprint density at radius 2 is 1.95 bits per heavy atom. The molecule has 1 aromatic heterocycles. The van der Waals surface area contributed by atoms with Crippen LogP contribution in [0.1, 0.15) is 10.4 Å². The first-order valence-corrected chi connectivity index (χ1v) is 6.86. The number of halogens is 4. The summed E-state index contributed by atoms with van der Waals surface area (Å²) in [6, 6.07) is 9.50. The summed E-state index contributed by atoms with van der Waals surface area (Å²) in [5.41, 5.74) is 0.778. The highest BCUT2D eigenvalue weighted by Crippen LogP contribution is 2.20. The first-order chi connectivity index (χ1) is 10.3. The van der Waals surface area contributed by atoms with E-state index in [1.54, 1.807) is 24.3 Å². The van der Waals surface area contributed by atoms with Crippen LogP contribution < -0.4 is 10.1 Å². The van der Waals surface area contributed by atoms with Crippen molar-refractivity contribution in [1.29, 1.82) is 0 Å². The predicted octanol–water partition coefficient (Wildman–Crippen LogP) is 4.04. The predicted molar refractivity (Wildman–Crippen MR) is 77.9 cm³/mol. The number of nitrogens with one attached hydrogen (secondary N) is 1. The molecule has 0 aliphatic rings. The number of amides is 1. The number of anilines is 1. The largest absolute Gasteiger partial charge is 0.468 e. The number of alkyl halides is 3. The van der Waals surface area contributed by atoms with Crippen molar-refractivity contribution in [1.82, 2.24) is 4.98 Å². The normalized spacial score (nSPS) is 11.1. The van der Waals surface area contributed by atoms with Gasteiger partial charge in [0.1, 0.15) is 0 Å². The molecule has 0 fully saturated rings. The second-order valence-electron chi connectivity index (χ2n) is 4.22. The molecule has 8 heteroatoms. The van der Waals surface area contributed by atoms with Crippen molar-refractivity contribution in [2.45, 2.75) is 6.18 Å². The Morgan fingerprint density at radius 1 is 1.23 bits per heavy atom. The number of aromatic nitrogens is 1. The molecule has 116 valence electrons. The molecule has 0 spiro atoms. The molecule has 2 rings (SSSR count). The van der Waals surface area contributed by atoms with Crippen molar-refractivity contribution < 1.29 is 22.7 Å². The van der Waals surface area contributed by atoms with Crippen molar-refractivity contribution in [3.05, 3.63) is 52.6 Å². The fourth-order valence-electron chi connectivity index (χ4n) is 1.54. The molecule has 0 aliphatic carbocycles. The van der Waals surface area contributed by atoms with E-state index >= 15 is 0 Å². The van der Waals surface area contributed by atoms with E-state index in [1.807, 2.05) is 0 Å². The Bertz CT molecular complexity index is 660. The molecule has 1 N–H and O–H groups in total. The molecule has 0 saturated heterocycles. The third-order valence-corrected chi connectivity index (χ3v) is 3.19. The molecular weight excluding hydrogens is 365 g/mol. The third-order valence-electron chi connectivity index (χ3n) is 2.50. The number of benzene rings is 1. The molecule has 22 heavy (non-hydrogen) atoms. The van der Waals surface area contributed by atoms with Crippen LogP contribution in [0, 0.1) is 0 Å². The highest BCUT2D eigenvalue weighted by atomic mass is 79.9. The second kappa shape index (κ2) is 6.78. The van der Waals surface area contributed by atoms with Gasteiger partial charge in [-0.2, -0.15) is 13.2 Å². The lowest BCUT2D eigenvalue weighted by Crippen LogP contribution is -2.19. The van der Waals surface area contributed by atoms with Crippen LogP contribution in [0.15, 0.2) is 47.1 Å². The number of hydrogen-bond donors (Lipinski definition) is 1. The van der Waals surface area contributed by atoms with Gasteiger partial charge in [-0.15, -0.1) is 0 Å². The summed E-state index contributed by atoms with van der Waals surface area (Å²) in [4.78, 5) is 15.7. The van der Waals surface area contributed by atoms with Gasteiger partial charge in [-0.3, -0.25) is 4.79 Å². The Labute approximate surface area is 132 Å². The summed E-state index contributed by atoms with van der Waals surface area (Å²) in [6.07, 6.45) is -3.20. The Balaban J connectivity index is 1.99. The number of pyridine rings is 1. The van der Waals surface area contributed by atoms with Crippen LogP contribution in [0.4, 0.5) is 18.9 Å². The van der Waals surface area contributed by atoms with Gasteiger partial charge in [0, 0.05) is 10.5 Å². The SMILES string of the molecule is O=C(Nc1ccc(OCC(F)(F)F)nc1)c1ccccc1Br. The quantitative estimate of drug-likeness (QED) is 0.878. The average molecular weight is 375 g/mol. The van der Waals surface area contributed by atoms with E-state index in [0.29, 0.717) is 15.7 Å². The summed E-state index contributed by atoms with van der Waals surface area (Å²) in [5.74, 6) is -0.533. The summed E-state index contributed by atoms with van der Waals surface area (Å²) >= 11 is 3.26. The van der Waals surface area contributed by atoms with E-state index in [1.165, 1.54) is 18.3 Å². The highest BCUT2D eigenvalue weighted by Gasteiger charge is 2.28. The zero-order valence-electron chi connectivity index (χ0n) is 11.0. The maximum Gasteiger partial charge on any atom is 0.422 e. The lowest BCUT2D eigenvalue weighted by molar-refractivity contribution is -0.154. The number of ether oxygens (including phenoxy) is 1. The summed E-state index contributed by atoms with van der Waals surface area (Å²) in [7, 11) is 0. The minimum absolute atomic E-state index is 0.170. The lowest BCUT2D eigenvalue weighted by atomic mass is 10.2. The number of nitrogens with zero attached hydrogens (tertiary/aromatic N) is 1. The Kier molecular flexibility index (Phi) is 5.02. The maximum atomic E-state index is 12.0. The van der Waals surface area contributed by atoms with E-state index in [9.17, 15) is 18.0 Å². The van der Waals surface area contributed by atoms with Gasteiger partial charge in [0.15, 0.2) is 6.61 Å².